The van der Waals surface area contributed by atoms with Gasteiger partial charge in [-0.05, 0) is 49.1 Å². The molecule has 0 N–H and O–H groups in total. The second-order valence-corrected chi connectivity index (χ2v) is 6.84. The van der Waals surface area contributed by atoms with Gasteiger partial charge in [-0.15, -0.1) is 0 Å². The number of halogens is 2. The standard InChI is InChI=1S/C16H15ClFNO2/c17-11-3-4-12(18)14-13(11)15(20)16(21)19(14)7-10-6-8-1-2-9(10)5-8/h3-4,8-10H,1-2,5-7H2. The molecule has 3 unspecified atom stereocenters. The van der Waals surface area contributed by atoms with E-state index < -0.39 is 17.5 Å². The van der Waals surface area contributed by atoms with Gasteiger partial charge in [0.25, 0.3) is 11.7 Å². The molecule has 0 spiro atoms. The van der Waals surface area contributed by atoms with E-state index in [0.29, 0.717) is 18.4 Å². The van der Waals surface area contributed by atoms with Gasteiger partial charge in [-0.1, -0.05) is 18.0 Å². The van der Waals surface area contributed by atoms with Crippen molar-refractivity contribution in [2.75, 3.05) is 11.4 Å². The summed E-state index contributed by atoms with van der Waals surface area (Å²) in [6, 6.07) is 2.56. The van der Waals surface area contributed by atoms with Crippen LogP contribution in [0.2, 0.25) is 5.02 Å². The van der Waals surface area contributed by atoms with Crippen LogP contribution in [0.15, 0.2) is 12.1 Å². The summed E-state index contributed by atoms with van der Waals surface area (Å²) in [4.78, 5) is 25.6. The summed E-state index contributed by atoms with van der Waals surface area (Å²) in [6.07, 6.45) is 4.76. The van der Waals surface area contributed by atoms with Gasteiger partial charge in [-0.3, -0.25) is 9.59 Å². The number of hydrogen-bond donors (Lipinski definition) is 0. The lowest BCUT2D eigenvalue weighted by Crippen LogP contribution is -2.36. The molecule has 0 saturated heterocycles. The number of hydrogen-bond acceptors (Lipinski definition) is 2. The van der Waals surface area contributed by atoms with Crippen LogP contribution in [-0.4, -0.2) is 18.2 Å². The van der Waals surface area contributed by atoms with Gasteiger partial charge in [0.05, 0.1) is 16.3 Å². The Bertz CT molecular complexity index is 660. The molecule has 0 aromatic heterocycles. The van der Waals surface area contributed by atoms with Crippen LogP contribution in [0, 0.1) is 23.6 Å². The SMILES string of the molecule is O=C1C(=O)N(CC2CC3CCC2C3)c2c(F)ccc(Cl)c21. The highest BCUT2D eigenvalue weighted by Crippen LogP contribution is 2.49. The maximum absolute atomic E-state index is 14.1. The molecule has 3 atom stereocenters. The maximum Gasteiger partial charge on any atom is 0.299 e. The molecule has 21 heavy (non-hydrogen) atoms. The van der Waals surface area contributed by atoms with E-state index in [4.69, 9.17) is 11.6 Å². The monoisotopic (exact) mass is 307 g/mol. The number of carbonyl (C=O) groups is 2. The average Bonchev–Trinajstić information content (AvgIpc) is 3.13. The number of Topliss-reactive ketones (excluding diaryl/α,β-unsaturated/α-hetero) is 1. The highest BCUT2D eigenvalue weighted by molar-refractivity contribution is 6.55. The molecular formula is C16H15ClFNO2. The summed E-state index contributed by atoms with van der Waals surface area (Å²) in [7, 11) is 0. The molecule has 2 aliphatic carbocycles. The first-order valence-corrected chi connectivity index (χ1v) is 7.78. The second kappa shape index (κ2) is 4.54. The number of amides is 1. The second-order valence-electron chi connectivity index (χ2n) is 6.43. The van der Waals surface area contributed by atoms with Gasteiger partial charge in [-0.25, -0.2) is 4.39 Å². The summed E-state index contributed by atoms with van der Waals surface area (Å²) >= 11 is 5.98. The van der Waals surface area contributed by atoms with Crippen molar-refractivity contribution < 1.29 is 14.0 Å². The van der Waals surface area contributed by atoms with Gasteiger partial charge >= 0.3 is 0 Å². The predicted molar refractivity (Wildman–Crippen MR) is 77.0 cm³/mol. The first-order chi connectivity index (χ1) is 10.1. The van der Waals surface area contributed by atoms with Crippen molar-refractivity contribution in [2.45, 2.75) is 25.7 Å². The molecule has 1 aromatic carbocycles. The zero-order valence-electron chi connectivity index (χ0n) is 11.4. The van der Waals surface area contributed by atoms with Crippen molar-refractivity contribution in [3.8, 4) is 0 Å². The van der Waals surface area contributed by atoms with Crippen LogP contribution in [0.25, 0.3) is 0 Å². The zero-order valence-corrected chi connectivity index (χ0v) is 12.2. The van der Waals surface area contributed by atoms with Crippen LogP contribution >= 0.6 is 11.6 Å². The Morgan fingerprint density at radius 2 is 2.05 bits per heavy atom. The lowest BCUT2D eigenvalue weighted by Gasteiger charge is -2.27. The predicted octanol–water partition coefficient (Wildman–Crippen LogP) is 3.44. The third-order valence-electron chi connectivity index (χ3n) is 5.32. The van der Waals surface area contributed by atoms with E-state index in [-0.39, 0.29) is 16.3 Å². The topological polar surface area (TPSA) is 37.4 Å². The number of carbonyl (C=O) groups excluding carboxylic acids is 2. The molecule has 1 aliphatic heterocycles. The molecule has 1 heterocycles. The van der Waals surface area contributed by atoms with Gasteiger partial charge < -0.3 is 4.90 Å². The Hall–Kier alpha value is -1.42. The fourth-order valence-corrected chi connectivity index (χ4v) is 4.60. The van der Waals surface area contributed by atoms with Gasteiger partial charge in [0.1, 0.15) is 5.82 Å². The summed E-state index contributed by atoms with van der Waals surface area (Å²) in [5.74, 6) is -0.125. The molecule has 110 valence electrons. The molecule has 2 saturated carbocycles. The number of fused-ring (bicyclic) bond motifs is 3. The molecule has 3 aliphatic rings. The van der Waals surface area contributed by atoms with Crippen LogP contribution in [0.4, 0.5) is 10.1 Å². The highest BCUT2D eigenvalue weighted by atomic mass is 35.5. The third kappa shape index (κ3) is 1.85. The lowest BCUT2D eigenvalue weighted by atomic mass is 9.88. The Labute approximate surface area is 127 Å². The molecule has 3 nitrogen and oxygen atoms in total. The summed E-state index contributed by atoms with van der Waals surface area (Å²) in [5.41, 5.74) is 0.116. The number of rotatable bonds is 2. The van der Waals surface area contributed by atoms with Crippen LogP contribution in [0.3, 0.4) is 0 Å². The summed E-state index contributed by atoms with van der Waals surface area (Å²) in [6.45, 7) is 0.440. The summed E-state index contributed by atoms with van der Waals surface area (Å²) < 4.78 is 14.1. The van der Waals surface area contributed by atoms with E-state index in [1.807, 2.05) is 0 Å². The largest absolute Gasteiger partial charge is 0.302 e. The van der Waals surface area contributed by atoms with Gasteiger partial charge in [-0.2, -0.15) is 0 Å². The number of anilines is 1. The quantitative estimate of drug-likeness (QED) is 0.785. The van der Waals surface area contributed by atoms with Crippen molar-refractivity contribution in [1.82, 2.24) is 0 Å². The van der Waals surface area contributed by atoms with Gasteiger partial charge in [0, 0.05) is 6.54 Å². The van der Waals surface area contributed by atoms with Crippen LogP contribution in [0.1, 0.15) is 36.0 Å². The highest BCUT2D eigenvalue weighted by Gasteiger charge is 2.45. The smallest absolute Gasteiger partial charge is 0.299 e. The van der Waals surface area contributed by atoms with E-state index in [2.05, 4.69) is 0 Å². The molecule has 1 amide bonds. The van der Waals surface area contributed by atoms with E-state index in [0.717, 1.165) is 12.3 Å². The van der Waals surface area contributed by atoms with Crippen molar-refractivity contribution in [3.05, 3.63) is 28.5 Å². The Kier molecular flexibility index (Phi) is 2.86. The fraction of sp³-hybridized carbons (Fsp3) is 0.500. The van der Waals surface area contributed by atoms with Crippen molar-refractivity contribution in [2.24, 2.45) is 17.8 Å². The average molecular weight is 308 g/mol. The Balaban J connectivity index is 1.69. The molecule has 1 aromatic rings. The van der Waals surface area contributed by atoms with E-state index in [1.54, 1.807) is 0 Å². The van der Waals surface area contributed by atoms with Crippen molar-refractivity contribution in [3.63, 3.8) is 0 Å². The first-order valence-electron chi connectivity index (χ1n) is 7.40. The third-order valence-corrected chi connectivity index (χ3v) is 5.63. The molecule has 2 fully saturated rings. The van der Waals surface area contributed by atoms with Crippen molar-refractivity contribution >= 4 is 29.0 Å². The molecular weight excluding hydrogens is 293 g/mol. The Morgan fingerprint density at radius 1 is 1.24 bits per heavy atom. The minimum Gasteiger partial charge on any atom is -0.302 e. The lowest BCUT2D eigenvalue weighted by molar-refractivity contribution is -0.114. The van der Waals surface area contributed by atoms with E-state index in [9.17, 15) is 14.0 Å². The molecule has 0 radical (unpaired) electrons. The number of benzene rings is 1. The van der Waals surface area contributed by atoms with Gasteiger partial charge in [0.15, 0.2) is 0 Å². The minimum absolute atomic E-state index is 0.0322. The van der Waals surface area contributed by atoms with Crippen LogP contribution in [0.5, 0.6) is 0 Å². The first kappa shape index (κ1) is 13.3. The van der Waals surface area contributed by atoms with Crippen LogP contribution in [-0.2, 0) is 4.79 Å². The minimum atomic E-state index is -0.683. The zero-order chi connectivity index (χ0) is 14.7. The normalized spacial score (nSPS) is 30.4. The Morgan fingerprint density at radius 3 is 2.71 bits per heavy atom. The van der Waals surface area contributed by atoms with Gasteiger partial charge in [0.2, 0.25) is 0 Å². The number of nitrogens with zero attached hydrogens (tertiary/aromatic N) is 1. The van der Waals surface area contributed by atoms with Crippen LogP contribution < -0.4 is 4.90 Å². The molecule has 4 rings (SSSR count). The maximum atomic E-state index is 14.1. The summed E-state index contributed by atoms with van der Waals surface area (Å²) in [5, 5.41) is 0.153. The molecule has 2 bridgehead atoms. The molecule has 5 heteroatoms. The van der Waals surface area contributed by atoms with Crippen molar-refractivity contribution in [1.29, 1.82) is 0 Å². The van der Waals surface area contributed by atoms with E-state index in [1.165, 1.54) is 36.3 Å². The number of ketones is 1. The van der Waals surface area contributed by atoms with E-state index >= 15 is 0 Å². The fourth-order valence-electron chi connectivity index (χ4n) is 4.36.